The molecule has 14 heavy (non-hydrogen) atoms. The molecule has 4 heteroatoms. The van der Waals surface area contributed by atoms with Crippen LogP contribution in [0, 0.1) is 6.92 Å². The van der Waals surface area contributed by atoms with Crippen molar-refractivity contribution >= 4 is 0 Å². The molecule has 72 valence electrons. The molecule has 2 aromatic rings. The lowest BCUT2D eigenvalue weighted by Crippen LogP contribution is -1.99. The van der Waals surface area contributed by atoms with Crippen molar-refractivity contribution < 1.29 is 4.52 Å². The Hall–Kier alpha value is -1.68. The van der Waals surface area contributed by atoms with Gasteiger partial charge in [-0.1, -0.05) is 11.2 Å². The summed E-state index contributed by atoms with van der Waals surface area (Å²) >= 11 is 0. The molecule has 0 bridgehead atoms. The molecule has 2 heterocycles. The Morgan fingerprint density at radius 3 is 2.93 bits per heavy atom. The number of nitrogens with two attached hydrogens (primary N) is 1. The maximum atomic E-state index is 5.61. The molecule has 0 fully saturated rings. The minimum absolute atomic E-state index is 0.418. The van der Waals surface area contributed by atoms with Gasteiger partial charge in [-0.15, -0.1) is 0 Å². The van der Waals surface area contributed by atoms with Crippen LogP contribution < -0.4 is 5.73 Å². The van der Waals surface area contributed by atoms with Gasteiger partial charge in [-0.05, 0) is 19.1 Å². The van der Waals surface area contributed by atoms with Crippen LogP contribution in [0.15, 0.2) is 28.9 Å². The molecule has 0 aromatic carbocycles. The van der Waals surface area contributed by atoms with Crippen LogP contribution in [0.1, 0.15) is 11.3 Å². The van der Waals surface area contributed by atoms with E-state index in [2.05, 4.69) is 10.1 Å². The summed E-state index contributed by atoms with van der Waals surface area (Å²) in [5.74, 6) is 0.758. The fraction of sp³-hybridized carbons (Fsp3) is 0.200. The highest BCUT2D eigenvalue weighted by molar-refractivity contribution is 5.58. The smallest absolute Gasteiger partial charge is 0.138 e. The summed E-state index contributed by atoms with van der Waals surface area (Å²) < 4.78 is 5.07. The van der Waals surface area contributed by atoms with Crippen LogP contribution in [0.3, 0.4) is 0 Å². The molecule has 0 saturated heterocycles. The molecule has 0 saturated carbocycles. The Morgan fingerprint density at radius 2 is 2.29 bits per heavy atom. The number of nitrogens with zero attached hydrogens (tertiary/aromatic N) is 2. The van der Waals surface area contributed by atoms with E-state index in [1.165, 1.54) is 0 Å². The van der Waals surface area contributed by atoms with Crippen LogP contribution >= 0.6 is 0 Å². The van der Waals surface area contributed by atoms with E-state index >= 15 is 0 Å². The molecule has 0 aliphatic heterocycles. The first kappa shape index (κ1) is 8.90. The fourth-order valence-corrected chi connectivity index (χ4v) is 1.34. The number of pyridine rings is 1. The molecule has 0 spiro atoms. The average Bonchev–Trinajstić information content (AvgIpc) is 2.61. The predicted octanol–water partition coefficient (Wildman–Crippen LogP) is 1.50. The Kier molecular flexibility index (Phi) is 2.28. The van der Waals surface area contributed by atoms with Gasteiger partial charge in [-0.2, -0.15) is 0 Å². The first-order valence-corrected chi connectivity index (χ1v) is 4.39. The van der Waals surface area contributed by atoms with Crippen LogP contribution in [0.25, 0.3) is 11.4 Å². The molecule has 0 aliphatic carbocycles. The SMILES string of the molecule is Cc1onc(-c2ccccn2)c1CN. The van der Waals surface area contributed by atoms with E-state index in [4.69, 9.17) is 10.3 Å². The standard InChI is InChI=1S/C10H11N3O/c1-7-8(6-11)10(13-14-7)9-4-2-3-5-12-9/h2-5H,6,11H2,1H3. The van der Waals surface area contributed by atoms with Gasteiger partial charge >= 0.3 is 0 Å². The van der Waals surface area contributed by atoms with Crippen molar-refractivity contribution in [3.05, 3.63) is 35.7 Å². The largest absolute Gasteiger partial charge is 0.361 e. The summed E-state index contributed by atoms with van der Waals surface area (Å²) in [7, 11) is 0. The molecule has 0 aliphatic rings. The third kappa shape index (κ3) is 1.40. The van der Waals surface area contributed by atoms with E-state index in [0.717, 1.165) is 22.7 Å². The number of hydrogen-bond donors (Lipinski definition) is 1. The van der Waals surface area contributed by atoms with Gasteiger partial charge in [0.2, 0.25) is 0 Å². The minimum Gasteiger partial charge on any atom is -0.361 e. The molecule has 2 rings (SSSR count). The zero-order valence-corrected chi connectivity index (χ0v) is 7.90. The lowest BCUT2D eigenvalue weighted by Gasteiger charge is -1.97. The minimum atomic E-state index is 0.418. The highest BCUT2D eigenvalue weighted by Crippen LogP contribution is 2.22. The fourth-order valence-electron chi connectivity index (χ4n) is 1.34. The molecule has 0 atom stereocenters. The van der Waals surface area contributed by atoms with Crippen molar-refractivity contribution in [2.45, 2.75) is 13.5 Å². The first-order chi connectivity index (χ1) is 6.83. The summed E-state index contributed by atoms with van der Waals surface area (Å²) in [6.07, 6.45) is 1.72. The maximum absolute atomic E-state index is 5.61. The van der Waals surface area contributed by atoms with Gasteiger partial charge in [0, 0.05) is 18.3 Å². The predicted molar refractivity (Wildman–Crippen MR) is 52.4 cm³/mol. The normalized spacial score (nSPS) is 10.4. The highest BCUT2D eigenvalue weighted by atomic mass is 16.5. The van der Waals surface area contributed by atoms with Gasteiger partial charge in [-0.3, -0.25) is 4.98 Å². The van der Waals surface area contributed by atoms with E-state index in [0.29, 0.717) is 6.54 Å². The van der Waals surface area contributed by atoms with Gasteiger partial charge in [0.15, 0.2) is 0 Å². The van der Waals surface area contributed by atoms with Crippen molar-refractivity contribution in [3.63, 3.8) is 0 Å². The van der Waals surface area contributed by atoms with Crippen LogP contribution in [-0.4, -0.2) is 10.1 Å². The lowest BCUT2D eigenvalue weighted by atomic mass is 10.1. The molecule has 0 radical (unpaired) electrons. The van der Waals surface area contributed by atoms with Crippen molar-refractivity contribution in [2.75, 3.05) is 0 Å². The summed E-state index contributed by atoms with van der Waals surface area (Å²) in [4.78, 5) is 4.19. The maximum Gasteiger partial charge on any atom is 0.138 e. The summed E-state index contributed by atoms with van der Waals surface area (Å²) in [6, 6.07) is 5.65. The Balaban J connectivity index is 2.52. The van der Waals surface area contributed by atoms with Gasteiger partial charge in [0.1, 0.15) is 11.5 Å². The number of aryl methyl sites for hydroxylation is 1. The van der Waals surface area contributed by atoms with E-state index in [9.17, 15) is 0 Å². The van der Waals surface area contributed by atoms with Crippen LogP contribution in [0.2, 0.25) is 0 Å². The van der Waals surface area contributed by atoms with E-state index < -0.39 is 0 Å². The molecular weight excluding hydrogens is 178 g/mol. The molecule has 0 unspecified atom stereocenters. The van der Waals surface area contributed by atoms with Crippen molar-refractivity contribution in [2.24, 2.45) is 5.73 Å². The number of rotatable bonds is 2. The van der Waals surface area contributed by atoms with Gasteiger partial charge in [0.25, 0.3) is 0 Å². The molecular formula is C10H11N3O. The average molecular weight is 189 g/mol. The van der Waals surface area contributed by atoms with Gasteiger partial charge < -0.3 is 10.3 Å². The Bertz CT molecular complexity index is 422. The third-order valence-corrected chi connectivity index (χ3v) is 2.10. The quantitative estimate of drug-likeness (QED) is 0.777. The van der Waals surface area contributed by atoms with Gasteiger partial charge in [0.05, 0.1) is 5.69 Å². The molecule has 0 amide bonds. The van der Waals surface area contributed by atoms with Crippen LogP contribution in [-0.2, 0) is 6.54 Å². The number of hydrogen-bond acceptors (Lipinski definition) is 4. The zero-order valence-electron chi connectivity index (χ0n) is 7.90. The van der Waals surface area contributed by atoms with Crippen molar-refractivity contribution in [1.29, 1.82) is 0 Å². The summed E-state index contributed by atoms with van der Waals surface area (Å²) in [5, 5.41) is 3.94. The molecule has 2 N–H and O–H groups in total. The summed E-state index contributed by atoms with van der Waals surface area (Å²) in [6.45, 7) is 2.27. The monoisotopic (exact) mass is 189 g/mol. The second-order valence-corrected chi connectivity index (χ2v) is 2.99. The zero-order chi connectivity index (χ0) is 9.97. The molecule has 4 nitrogen and oxygen atoms in total. The number of aromatic nitrogens is 2. The highest BCUT2D eigenvalue weighted by Gasteiger charge is 2.13. The third-order valence-electron chi connectivity index (χ3n) is 2.10. The summed E-state index contributed by atoms with van der Waals surface area (Å²) in [5.41, 5.74) is 8.06. The van der Waals surface area contributed by atoms with E-state index in [1.807, 2.05) is 25.1 Å². The topological polar surface area (TPSA) is 64.9 Å². The van der Waals surface area contributed by atoms with E-state index in [-0.39, 0.29) is 0 Å². The van der Waals surface area contributed by atoms with Crippen molar-refractivity contribution in [3.8, 4) is 11.4 Å². The second kappa shape index (κ2) is 3.59. The van der Waals surface area contributed by atoms with Crippen molar-refractivity contribution in [1.82, 2.24) is 10.1 Å². The Morgan fingerprint density at radius 1 is 1.43 bits per heavy atom. The second-order valence-electron chi connectivity index (χ2n) is 2.99. The Labute approximate surface area is 81.7 Å². The van der Waals surface area contributed by atoms with E-state index in [1.54, 1.807) is 6.20 Å². The lowest BCUT2D eigenvalue weighted by molar-refractivity contribution is 0.398. The van der Waals surface area contributed by atoms with Gasteiger partial charge in [-0.25, -0.2) is 0 Å². The van der Waals surface area contributed by atoms with Crippen LogP contribution in [0.5, 0.6) is 0 Å². The van der Waals surface area contributed by atoms with Crippen LogP contribution in [0.4, 0.5) is 0 Å². The first-order valence-electron chi connectivity index (χ1n) is 4.39. The molecule has 2 aromatic heterocycles.